The summed E-state index contributed by atoms with van der Waals surface area (Å²) in [6.45, 7) is 0. The molecule has 0 fully saturated rings. The van der Waals surface area contributed by atoms with Crippen molar-refractivity contribution < 1.29 is 9.36 Å². The van der Waals surface area contributed by atoms with E-state index in [0.717, 1.165) is 44.6 Å². The molecule has 140 valence electrons. The zero-order chi connectivity index (χ0) is 19.7. The molecular weight excluding hydrogens is 352 g/mol. The Balaban J connectivity index is 1.75. The van der Waals surface area contributed by atoms with Crippen molar-refractivity contribution in [2.24, 2.45) is 24.3 Å². The molecule has 0 radical (unpaired) electrons. The molecule has 8 heteroatoms. The highest BCUT2D eigenvalue weighted by atomic mass is 15.2. The van der Waals surface area contributed by atoms with Crippen LogP contribution < -0.4 is 20.0 Å². The average Bonchev–Trinajstić information content (AvgIpc) is 2.73. The molecule has 28 heavy (non-hydrogen) atoms. The van der Waals surface area contributed by atoms with Crippen LogP contribution in [0.25, 0.3) is 21.8 Å². The molecule has 2 N–H and O–H groups in total. The zero-order valence-corrected chi connectivity index (χ0v) is 16.3. The van der Waals surface area contributed by atoms with Crippen LogP contribution in [-0.2, 0) is 14.1 Å². The summed E-state index contributed by atoms with van der Waals surface area (Å²) >= 11 is 0. The maximum atomic E-state index is 4.44. The highest BCUT2D eigenvalue weighted by Crippen LogP contribution is 2.28. The zero-order valence-electron chi connectivity index (χ0n) is 16.3. The Morgan fingerprint density at radius 3 is 1.54 bits per heavy atom. The van der Waals surface area contributed by atoms with Crippen LogP contribution in [-0.4, -0.2) is 24.3 Å². The molecule has 0 aliphatic carbocycles. The molecule has 0 aliphatic heterocycles. The van der Waals surface area contributed by atoms with Gasteiger partial charge in [-0.3, -0.25) is 0 Å². The quantitative estimate of drug-likeness (QED) is 0.425. The molecule has 0 atom stereocenters. The summed E-state index contributed by atoms with van der Waals surface area (Å²) in [5.74, 6) is 0. The number of fused-ring (bicyclic) bond motifs is 2. The number of aryl methyl sites for hydroxylation is 2. The van der Waals surface area contributed by atoms with Crippen molar-refractivity contribution in [1.82, 2.24) is 10.2 Å². The monoisotopic (exact) mass is 374 g/mol. The fourth-order valence-electron chi connectivity index (χ4n) is 3.23. The number of anilines is 2. The van der Waals surface area contributed by atoms with E-state index in [1.807, 2.05) is 74.0 Å². The highest BCUT2D eigenvalue weighted by Gasteiger charge is 2.12. The summed E-state index contributed by atoms with van der Waals surface area (Å²) in [5, 5.41) is 26.0. The second-order valence-electron chi connectivity index (χ2n) is 6.47. The van der Waals surface area contributed by atoms with Crippen molar-refractivity contribution in [3.8, 4) is 0 Å². The molecule has 0 aliphatic rings. The van der Waals surface area contributed by atoms with Gasteiger partial charge in [0.2, 0.25) is 11.0 Å². The van der Waals surface area contributed by atoms with Crippen LogP contribution in [0.1, 0.15) is 0 Å². The number of azo groups is 1. The summed E-state index contributed by atoms with van der Waals surface area (Å²) in [6.07, 6.45) is 3.61. The van der Waals surface area contributed by atoms with Gasteiger partial charge in [-0.15, -0.1) is 0 Å². The van der Waals surface area contributed by atoms with Crippen LogP contribution in [0.15, 0.2) is 59.0 Å². The largest absolute Gasteiger partial charge is 0.386 e. The lowest BCUT2D eigenvalue weighted by molar-refractivity contribution is -0.705. The predicted octanol–water partition coefficient (Wildman–Crippen LogP) is 2.93. The van der Waals surface area contributed by atoms with Crippen LogP contribution in [0.4, 0.5) is 22.7 Å². The van der Waals surface area contributed by atoms with E-state index < -0.39 is 0 Å². The van der Waals surface area contributed by atoms with Crippen molar-refractivity contribution in [2.45, 2.75) is 0 Å². The van der Waals surface area contributed by atoms with Gasteiger partial charge in [0.15, 0.2) is 14.1 Å². The third-order valence-corrected chi connectivity index (χ3v) is 4.78. The predicted molar refractivity (Wildman–Crippen MR) is 109 cm³/mol. The normalized spacial score (nSPS) is 11.4. The Kier molecular flexibility index (Phi) is 4.52. The van der Waals surface area contributed by atoms with Crippen molar-refractivity contribution in [3.05, 3.63) is 48.8 Å². The topological polar surface area (TPSA) is 82.3 Å². The number of benzene rings is 2. The summed E-state index contributed by atoms with van der Waals surface area (Å²) in [4.78, 5) is 0. The van der Waals surface area contributed by atoms with Crippen LogP contribution in [0.2, 0.25) is 0 Å². The molecule has 4 rings (SSSR count). The minimum Gasteiger partial charge on any atom is -0.386 e. The van der Waals surface area contributed by atoms with Crippen molar-refractivity contribution in [1.29, 1.82) is 0 Å². The van der Waals surface area contributed by atoms with E-state index in [0.29, 0.717) is 0 Å². The van der Waals surface area contributed by atoms with E-state index in [1.54, 1.807) is 12.4 Å². The first kappa shape index (κ1) is 17.7. The second-order valence-corrected chi connectivity index (χ2v) is 6.47. The summed E-state index contributed by atoms with van der Waals surface area (Å²) in [5.41, 5.74) is 5.52. The smallest absolute Gasteiger partial charge is 0.241 e. The molecule has 0 unspecified atom stereocenters. The maximum absolute atomic E-state index is 4.44. The third kappa shape index (κ3) is 3.09. The van der Waals surface area contributed by atoms with Crippen molar-refractivity contribution in [2.75, 3.05) is 24.7 Å². The van der Waals surface area contributed by atoms with Crippen molar-refractivity contribution >= 4 is 44.6 Å². The number of nitrogens with zero attached hydrogens (tertiary/aromatic N) is 6. The molecule has 0 saturated carbocycles. The second kappa shape index (κ2) is 7.15. The van der Waals surface area contributed by atoms with Gasteiger partial charge >= 0.3 is 0 Å². The maximum Gasteiger partial charge on any atom is 0.241 e. The first-order valence-corrected chi connectivity index (χ1v) is 8.96. The third-order valence-electron chi connectivity index (χ3n) is 4.78. The summed E-state index contributed by atoms with van der Waals surface area (Å²) in [6, 6.07) is 11.9. The van der Waals surface area contributed by atoms with Gasteiger partial charge in [0.25, 0.3) is 0 Å². The average molecular weight is 374 g/mol. The lowest BCUT2D eigenvalue weighted by Crippen LogP contribution is -2.33. The van der Waals surface area contributed by atoms with Gasteiger partial charge < -0.3 is 10.6 Å². The molecule has 8 nitrogen and oxygen atoms in total. The Hall–Kier alpha value is -3.68. The fourth-order valence-corrected chi connectivity index (χ4v) is 3.23. The van der Waals surface area contributed by atoms with Crippen LogP contribution in [0, 0.1) is 0 Å². The van der Waals surface area contributed by atoms with E-state index in [-0.39, 0.29) is 0 Å². The molecule has 0 bridgehead atoms. The van der Waals surface area contributed by atoms with Gasteiger partial charge in [0.05, 0.1) is 33.5 Å². The van der Waals surface area contributed by atoms with Gasteiger partial charge in [-0.2, -0.15) is 10.2 Å². The van der Waals surface area contributed by atoms with Crippen LogP contribution >= 0.6 is 0 Å². The fraction of sp³-hybridized carbons (Fsp3) is 0.200. The standard InChI is InChI=1S/C20H20N8/c1-21-17-11-23-27(3)19-7-5-13(9-15(17)19)25-26-14-6-8-20-16(10-14)18(22-2)12-24-28(20)4/h5-12H,1-4H3/p+2. The molecular formula is C20H22N8+2. The highest BCUT2D eigenvalue weighted by molar-refractivity contribution is 5.91. The van der Waals surface area contributed by atoms with Gasteiger partial charge in [-0.1, -0.05) is 9.36 Å². The first-order chi connectivity index (χ1) is 13.6. The van der Waals surface area contributed by atoms with E-state index in [1.165, 1.54) is 0 Å². The first-order valence-electron chi connectivity index (χ1n) is 8.96. The van der Waals surface area contributed by atoms with Gasteiger partial charge in [0.1, 0.15) is 12.4 Å². The Labute approximate surface area is 162 Å². The summed E-state index contributed by atoms with van der Waals surface area (Å²) < 4.78 is 3.68. The van der Waals surface area contributed by atoms with E-state index in [9.17, 15) is 0 Å². The number of nitrogens with one attached hydrogen (secondary N) is 2. The van der Waals surface area contributed by atoms with Crippen LogP contribution in [0.3, 0.4) is 0 Å². The Morgan fingerprint density at radius 2 is 1.14 bits per heavy atom. The molecule has 0 saturated heterocycles. The van der Waals surface area contributed by atoms with Gasteiger partial charge in [-0.25, -0.2) is 0 Å². The molecule has 2 heterocycles. The van der Waals surface area contributed by atoms with Gasteiger partial charge in [0, 0.05) is 26.2 Å². The molecule has 4 aromatic rings. The van der Waals surface area contributed by atoms with Crippen molar-refractivity contribution in [3.63, 3.8) is 0 Å². The minimum atomic E-state index is 0.782. The summed E-state index contributed by atoms with van der Waals surface area (Å²) in [7, 11) is 7.61. The minimum absolute atomic E-state index is 0.782. The molecule has 2 aromatic carbocycles. The number of hydrogen-bond acceptors (Lipinski definition) is 6. The lowest BCUT2D eigenvalue weighted by atomic mass is 10.2. The molecule has 0 amide bonds. The lowest BCUT2D eigenvalue weighted by Gasteiger charge is -2.04. The number of aromatic nitrogens is 4. The molecule has 0 spiro atoms. The Bertz CT molecular complexity index is 1120. The number of rotatable bonds is 4. The van der Waals surface area contributed by atoms with Crippen LogP contribution in [0.5, 0.6) is 0 Å². The van der Waals surface area contributed by atoms with E-state index >= 15 is 0 Å². The Morgan fingerprint density at radius 1 is 0.714 bits per heavy atom. The van der Waals surface area contributed by atoms with E-state index in [2.05, 4.69) is 31.1 Å². The molecule has 2 aromatic heterocycles. The number of hydrogen-bond donors (Lipinski definition) is 2. The SMILES string of the molecule is CNc1cn[n+](C)c2ccc(N=Nc3ccc4c(c3)c(NC)cn[n+]4C)cc12. The van der Waals surface area contributed by atoms with E-state index in [4.69, 9.17) is 0 Å². The van der Waals surface area contributed by atoms with Gasteiger partial charge in [-0.05, 0) is 34.5 Å².